The van der Waals surface area contributed by atoms with Gasteiger partial charge in [0.05, 0.1) is 25.5 Å². The van der Waals surface area contributed by atoms with Crippen LogP contribution in [0.4, 0.5) is 26.3 Å². The molecule has 2 aromatic rings. The van der Waals surface area contributed by atoms with E-state index in [1.807, 2.05) is 36.6 Å². The number of pyridine rings is 1. The van der Waals surface area contributed by atoms with E-state index in [-0.39, 0.29) is 0 Å². The number of aryl methyl sites for hydroxylation is 2. The second-order valence-corrected chi connectivity index (χ2v) is 9.57. The number of thiophene rings is 1. The topological polar surface area (TPSA) is 109 Å². The molecule has 2 aliphatic heterocycles. The van der Waals surface area contributed by atoms with Crippen LogP contribution in [-0.2, 0) is 20.9 Å². The third-order valence-corrected chi connectivity index (χ3v) is 6.69. The maximum absolute atomic E-state index is 10.6. The molecule has 212 valence electrons. The molecule has 0 unspecified atom stereocenters. The average Bonchev–Trinajstić information content (AvgIpc) is 3.50. The third-order valence-electron chi connectivity index (χ3n) is 5.68. The van der Waals surface area contributed by atoms with Gasteiger partial charge in [-0.15, -0.1) is 11.3 Å². The Hall–Kier alpha value is -2.91. The van der Waals surface area contributed by atoms with E-state index in [1.165, 1.54) is 10.4 Å². The van der Waals surface area contributed by atoms with Crippen molar-refractivity contribution >= 4 is 23.3 Å². The quantitative estimate of drug-likeness (QED) is 0.503. The van der Waals surface area contributed by atoms with E-state index >= 15 is 0 Å². The van der Waals surface area contributed by atoms with Crippen molar-refractivity contribution in [2.45, 2.75) is 38.8 Å². The molecule has 0 aromatic carbocycles. The van der Waals surface area contributed by atoms with Gasteiger partial charge in [-0.25, -0.2) is 9.59 Å². The highest BCUT2D eigenvalue weighted by molar-refractivity contribution is 7.10. The maximum atomic E-state index is 10.6. The number of carbonyl (C=O) groups is 2. The van der Waals surface area contributed by atoms with Crippen molar-refractivity contribution in [3.05, 3.63) is 45.9 Å². The van der Waals surface area contributed by atoms with E-state index in [9.17, 15) is 26.3 Å². The summed E-state index contributed by atoms with van der Waals surface area (Å²) in [5.74, 6) is -3.59. The van der Waals surface area contributed by atoms with Crippen molar-refractivity contribution < 1.29 is 55.6 Å². The number of aliphatic carboxylic acids is 2. The molecule has 0 spiro atoms. The molecule has 2 N–H and O–H groups in total. The smallest absolute Gasteiger partial charge is 0.490 e. The zero-order chi connectivity index (χ0) is 28.7. The Morgan fingerprint density at radius 1 is 1.08 bits per heavy atom. The lowest BCUT2D eigenvalue weighted by Gasteiger charge is -2.19. The van der Waals surface area contributed by atoms with Gasteiger partial charge in [-0.05, 0) is 43.0 Å². The highest BCUT2D eigenvalue weighted by atomic mass is 32.1. The number of alkyl halides is 6. The predicted octanol–water partition coefficient (Wildman–Crippen LogP) is 4.55. The van der Waals surface area contributed by atoms with Gasteiger partial charge >= 0.3 is 24.3 Å². The highest BCUT2D eigenvalue weighted by Crippen LogP contribution is 2.35. The largest absolute Gasteiger partial charge is 0.492 e. The third kappa shape index (κ3) is 9.76. The van der Waals surface area contributed by atoms with E-state index in [1.54, 1.807) is 0 Å². The molecule has 0 aliphatic carbocycles. The number of nitrogens with zero attached hydrogens (tertiary/aromatic N) is 2. The Bertz CT molecular complexity index is 1040. The van der Waals surface area contributed by atoms with Crippen LogP contribution < -0.4 is 4.74 Å². The normalized spacial score (nSPS) is 21.0. The number of hydrogen-bond donors (Lipinski definition) is 2. The Balaban J connectivity index is 0.000000301. The van der Waals surface area contributed by atoms with E-state index in [0.717, 1.165) is 44.3 Å². The molecule has 4 rings (SSSR count). The molecule has 2 fully saturated rings. The number of fused-ring (bicyclic) bond motifs is 1. The summed E-state index contributed by atoms with van der Waals surface area (Å²) < 4.78 is 75.5. The van der Waals surface area contributed by atoms with Gasteiger partial charge in [0.2, 0.25) is 0 Å². The van der Waals surface area contributed by atoms with Gasteiger partial charge < -0.3 is 19.7 Å². The van der Waals surface area contributed by atoms with Gasteiger partial charge in [-0.3, -0.25) is 9.88 Å². The number of halogens is 6. The number of ether oxygens (including phenoxy) is 2. The van der Waals surface area contributed by atoms with E-state index < -0.39 is 24.3 Å². The molecule has 2 saturated heterocycles. The Labute approximate surface area is 217 Å². The van der Waals surface area contributed by atoms with Crippen molar-refractivity contribution in [1.82, 2.24) is 9.88 Å². The molecule has 0 bridgehead atoms. The number of carboxylic acids is 2. The first-order valence-electron chi connectivity index (χ1n) is 11.1. The molecule has 4 heterocycles. The van der Waals surface area contributed by atoms with Crippen LogP contribution in [0.15, 0.2) is 29.8 Å². The first kappa shape index (κ1) is 31.3. The monoisotopic (exact) mass is 572 g/mol. The fourth-order valence-corrected chi connectivity index (χ4v) is 4.64. The van der Waals surface area contributed by atoms with Crippen molar-refractivity contribution in [3.63, 3.8) is 0 Å². The van der Waals surface area contributed by atoms with Crippen LogP contribution >= 0.6 is 11.3 Å². The zero-order valence-electron chi connectivity index (χ0n) is 20.3. The molecule has 8 nitrogen and oxygen atoms in total. The lowest BCUT2D eigenvalue weighted by atomic mass is 9.94. The zero-order valence-corrected chi connectivity index (χ0v) is 21.1. The molecule has 38 heavy (non-hydrogen) atoms. The summed E-state index contributed by atoms with van der Waals surface area (Å²) in [6.45, 7) is 8.94. The second kappa shape index (κ2) is 13.2. The fraction of sp³-hybridized carbons (Fsp3) is 0.522. The van der Waals surface area contributed by atoms with Gasteiger partial charge in [0.15, 0.2) is 0 Å². The minimum absolute atomic E-state index is 0.370. The maximum Gasteiger partial charge on any atom is 0.490 e. The Kier molecular flexibility index (Phi) is 10.9. The first-order valence-corrected chi connectivity index (χ1v) is 12.0. The van der Waals surface area contributed by atoms with Crippen LogP contribution in [0.1, 0.15) is 16.1 Å². The van der Waals surface area contributed by atoms with Crippen LogP contribution in [0, 0.1) is 25.7 Å². The number of aromatic nitrogens is 1. The summed E-state index contributed by atoms with van der Waals surface area (Å²) >= 11 is 1.86. The van der Waals surface area contributed by atoms with Crippen LogP contribution in [0.25, 0.3) is 0 Å². The predicted molar refractivity (Wildman–Crippen MR) is 123 cm³/mol. The van der Waals surface area contributed by atoms with Crippen molar-refractivity contribution in [2.24, 2.45) is 11.8 Å². The van der Waals surface area contributed by atoms with Crippen molar-refractivity contribution in [2.75, 3.05) is 26.3 Å². The first-order chi connectivity index (χ1) is 17.6. The van der Waals surface area contributed by atoms with E-state index in [2.05, 4.69) is 28.3 Å². The minimum Gasteiger partial charge on any atom is -0.492 e. The SMILES string of the molecule is Cc1ccc(OC[C@H]2CO[C@@H]3CN(Cc4sccc4C)C[C@H]23)cn1.O=C(O)C(F)(F)F.O=C(O)C(F)(F)F. The summed E-state index contributed by atoms with van der Waals surface area (Å²) in [5, 5.41) is 16.4. The summed E-state index contributed by atoms with van der Waals surface area (Å²) in [5.41, 5.74) is 2.42. The van der Waals surface area contributed by atoms with Crippen LogP contribution in [0.5, 0.6) is 5.75 Å². The standard InChI is InChI=1S/C19H24N2O2S.2C2HF3O2/c1-13-5-6-24-19(13)10-21-8-17-15(12-23-18(17)9-21)11-22-16-4-3-14(2)20-7-16;2*3-2(4,5)1(6)7/h3-7,15,17-18H,8-12H2,1-2H3;2*(H,6,7)/t15-,17+,18+;;/m0../s1. The average molecular weight is 573 g/mol. The lowest BCUT2D eigenvalue weighted by Crippen LogP contribution is -2.26. The Morgan fingerprint density at radius 2 is 1.68 bits per heavy atom. The Morgan fingerprint density at radius 3 is 2.16 bits per heavy atom. The number of carboxylic acid groups (broad SMARTS) is 2. The van der Waals surface area contributed by atoms with Crippen molar-refractivity contribution in [3.8, 4) is 5.75 Å². The summed E-state index contributed by atoms with van der Waals surface area (Å²) in [7, 11) is 0. The lowest BCUT2D eigenvalue weighted by molar-refractivity contribution is -0.193. The summed E-state index contributed by atoms with van der Waals surface area (Å²) in [6.07, 6.45) is -7.99. The molecule has 3 atom stereocenters. The molecule has 2 aliphatic rings. The van der Waals surface area contributed by atoms with Gasteiger partial charge in [0.1, 0.15) is 5.75 Å². The van der Waals surface area contributed by atoms with Crippen LogP contribution in [-0.4, -0.2) is 76.8 Å². The van der Waals surface area contributed by atoms with Crippen molar-refractivity contribution in [1.29, 1.82) is 0 Å². The molecule has 15 heteroatoms. The van der Waals surface area contributed by atoms with E-state index in [0.29, 0.717) is 17.9 Å². The number of likely N-dealkylation sites (tertiary alicyclic amines) is 1. The molecular formula is C23H26F6N2O6S. The fourth-order valence-electron chi connectivity index (χ4n) is 3.69. The second-order valence-electron chi connectivity index (χ2n) is 8.57. The van der Waals surface area contributed by atoms with Gasteiger partial charge in [-0.1, -0.05) is 0 Å². The van der Waals surface area contributed by atoms with E-state index in [4.69, 9.17) is 29.3 Å². The highest BCUT2D eigenvalue weighted by Gasteiger charge is 2.44. The number of hydrogen-bond acceptors (Lipinski definition) is 7. The molecular weight excluding hydrogens is 546 g/mol. The number of rotatable bonds is 5. The van der Waals surface area contributed by atoms with Crippen LogP contribution in [0.2, 0.25) is 0 Å². The molecule has 0 amide bonds. The van der Waals surface area contributed by atoms with Gasteiger partial charge in [0.25, 0.3) is 0 Å². The van der Waals surface area contributed by atoms with Gasteiger partial charge in [-0.2, -0.15) is 26.3 Å². The summed E-state index contributed by atoms with van der Waals surface area (Å²) in [4.78, 5) is 26.1. The van der Waals surface area contributed by atoms with Gasteiger partial charge in [0, 0.05) is 42.0 Å². The molecule has 0 saturated carbocycles. The minimum atomic E-state index is -5.08. The summed E-state index contributed by atoms with van der Waals surface area (Å²) in [6, 6.07) is 6.19. The van der Waals surface area contributed by atoms with Crippen LogP contribution in [0.3, 0.4) is 0 Å². The molecule has 2 aromatic heterocycles. The molecule has 0 radical (unpaired) electrons.